The molecule has 0 saturated carbocycles. The summed E-state index contributed by atoms with van der Waals surface area (Å²) < 4.78 is 0. The Morgan fingerprint density at radius 2 is 2.15 bits per heavy atom. The van der Waals surface area contributed by atoms with Gasteiger partial charge >= 0.3 is 0 Å². The SMILES string of the molecule is O=C1CC(CS)CN1CCc1cncc2ccccc12. The number of rotatable bonds is 4. The number of likely N-dealkylation sites (tertiary alicyclic amines) is 1. The van der Waals surface area contributed by atoms with Gasteiger partial charge in [-0.15, -0.1) is 0 Å². The van der Waals surface area contributed by atoms with Gasteiger partial charge in [0.15, 0.2) is 0 Å². The molecular formula is C16H18N2OS. The number of amides is 1. The van der Waals surface area contributed by atoms with E-state index in [-0.39, 0.29) is 5.91 Å². The van der Waals surface area contributed by atoms with E-state index in [0.29, 0.717) is 12.3 Å². The van der Waals surface area contributed by atoms with Crippen molar-refractivity contribution >= 4 is 29.3 Å². The Bertz CT molecular complexity index is 623. The third-order valence-corrected chi connectivity index (χ3v) is 4.47. The van der Waals surface area contributed by atoms with E-state index in [1.807, 2.05) is 29.4 Å². The first kappa shape index (κ1) is 13.4. The van der Waals surface area contributed by atoms with Crippen LogP contribution in [-0.2, 0) is 11.2 Å². The average molecular weight is 286 g/mol. The fraction of sp³-hybridized carbons (Fsp3) is 0.375. The molecule has 1 atom stereocenters. The molecule has 1 saturated heterocycles. The maximum atomic E-state index is 11.9. The summed E-state index contributed by atoms with van der Waals surface area (Å²) in [6.45, 7) is 1.62. The fourth-order valence-corrected chi connectivity index (χ4v) is 3.07. The second-order valence-corrected chi connectivity index (χ2v) is 5.73. The van der Waals surface area contributed by atoms with Crippen molar-refractivity contribution in [1.29, 1.82) is 0 Å². The highest BCUT2D eigenvalue weighted by molar-refractivity contribution is 7.80. The molecule has 1 amide bonds. The van der Waals surface area contributed by atoms with Gasteiger partial charge in [-0.3, -0.25) is 9.78 Å². The first-order valence-electron chi connectivity index (χ1n) is 6.98. The molecule has 2 aromatic rings. The lowest BCUT2D eigenvalue weighted by Crippen LogP contribution is -2.27. The summed E-state index contributed by atoms with van der Waals surface area (Å²) in [7, 11) is 0. The van der Waals surface area contributed by atoms with Crippen molar-refractivity contribution in [2.24, 2.45) is 5.92 Å². The van der Waals surface area contributed by atoms with E-state index in [1.165, 1.54) is 10.9 Å². The standard InChI is InChI=1S/C16H18N2OS/c19-16-7-12(11-20)10-18(16)6-5-14-9-17-8-13-3-1-2-4-15(13)14/h1-4,8-9,12,20H,5-7,10-11H2. The summed E-state index contributed by atoms with van der Waals surface area (Å²) in [6.07, 6.45) is 5.31. The number of pyridine rings is 1. The largest absolute Gasteiger partial charge is 0.342 e. The molecule has 3 rings (SSSR count). The Kier molecular flexibility index (Phi) is 3.92. The van der Waals surface area contributed by atoms with Crippen molar-refractivity contribution in [2.45, 2.75) is 12.8 Å². The maximum absolute atomic E-state index is 11.9. The van der Waals surface area contributed by atoms with Crippen molar-refractivity contribution in [2.75, 3.05) is 18.8 Å². The molecule has 1 aliphatic heterocycles. The van der Waals surface area contributed by atoms with Crippen LogP contribution in [0.4, 0.5) is 0 Å². The number of aromatic nitrogens is 1. The van der Waals surface area contributed by atoms with E-state index in [1.54, 1.807) is 0 Å². The molecule has 3 nitrogen and oxygen atoms in total. The quantitative estimate of drug-likeness (QED) is 0.876. The molecule has 1 aromatic carbocycles. The summed E-state index contributed by atoms with van der Waals surface area (Å²) in [6, 6.07) is 8.26. The summed E-state index contributed by atoms with van der Waals surface area (Å²) in [5.41, 5.74) is 1.21. The molecule has 104 valence electrons. The van der Waals surface area contributed by atoms with Crippen LogP contribution in [0.25, 0.3) is 10.8 Å². The van der Waals surface area contributed by atoms with E-state index in [9.17, 15) is 4.79 Å². The van der Waals surface area contributed by atoms with Gasteiger partial charge in [0.25, 0.3) is 0 Å². The second-order valence-electron chi connectivity index (χ2n) is 5.36. The van der Waals surface area contributed by atoms with Crippen molar-refractivity contribution in [3.8, 4) is 0 Å². The van der Waals surface area contributed by atoms with Crippen LogP contribution in [0.15, 0.2) is 36.7 Å². The van der Waals surface area contributed by atoms with E-state index in [2.05, 4.69) is 29.7 Å². The maximum Gasteiger partial charge on any atom is 0.222 e. The van der Waals surface area contributed by atoms with Crippen LogP contribution < -0.4 is 0 Å². The van der Waals surface area contributed by atoms with Gasteiger partial charge in [-0.25, -0.2) is 0 Å². The molecule has 4 heteroatoms. The lowest BCUT2D eigenvalue weighted by Gasteiger charge is -2.16. The lowest BCUT2D eigenvalue weighted by atomic mass is 10.1. The predicted molar refractivity (Wildman–Crippen MR) is 84.0 cm³/mol. The fourth-order valence-electron chi connectivity index (χ4n) is 2.83. The molecule has 0 radical (unpaired) electrons. The van der Waals surface area contributed by atoms with Gasteiger partial charge < -0.3 is 4.90 Å². The molecule has 1 aliphatic rings. The number of thiol groups is 1. The van der Waals surface area contributed by atoms with E-state index in [4.69, 9.17) is 0 Å². The number of carbonyl (C=O) groups excluding carboxylic acids is 1. The van der Waals surface area contributed by atoms with Gasteiger partial charge in [0, 0.05) is 37.3 Å². The number of hydrogen-bond donors (Lipinski definition) is 1. The highest BCUT2D eigenvalue weighted by Crippen LogP contribution is 2.21. The molecule has 1 aromatic heterocycles. The van der Waals surface area contributed by atoms with E-state index in [0.717, 1.165) is 30.6 Å². The number of hydrogen-bond acceptors (Lipinski definition) is 3. The summed E-state index contributed by atoms with van der Waals surface area (Å²) in [5.74, 6) is 1.46. The highest BCUT2D eigenvalue weighted by atomic mass is 32.1. The molecule has 0 aliphatic carbocycles. The van der Waals surface area contributed by atoms with Crippen molar-refractivity contribution < 1.29 is 4.79 Å². The Balaban J connectivity index is 1.73. The van der Waals surface area contributed by atoms with Crippen molar-refractivity contribution in [3.05, 3.63) is 42.2 Å². The zero-order chi connectivity index (χ0) is 13.9. The second kappa shape index (κ2) is 5.83. The summed E-state index contributed by atoms with van der Waals surface area (Å²) in [5, 5.41) is 2.39. The van der Waals surface area contributed by atoms with Gasteiger partial charge in [0.1, 0.15) is 0 Å². The van der Waals surface area contributed by atoms with Crippen LogP contribution in [0.5, 0.6) is 0 Å². The Labute approximate surface area is 124 Å². The minimum Gasteiger partial charge on any atom is -0.342 e. The molecule has 1 unspecified atom stereocenters. The summed E-state index contributed by atoms with van der Waals surface area (Å²) >= 11 is 4.29. The zero-order valence-electron chi connectivity index (χ0n) is 11.3. The predicted octanol–water partition coefficient (Wildman–Crippen LogP) is 2.56. The minimum atomic E-state index is 0.261. The normalized spacial score (nSPS) is 18.9. The number of nitrogens with zero attached hydrogens (tertiary/aromatic N) is 2. The Morgan fingerprint density at radius 3 is 2.95 bits per heavy atom. The monoisotopic (exact) mass is 286 g/mol. The highest BCUT2D eigenvalue weighted by Gasteiger charge is 2.28. The van der Waals surface area contributed by atoms with Gasteiger partial charge in [0.2, 0.25) is 5.91 Å². The van der Waals surface area contributed by atoms with Gasteiger partial charge in [-0.05, 0) is 29.0 Å². The molecular weight excluding hydrogens is 268 g/mol. The van der Waals surface area contributed by atoms with Crippen LogP contribution in [0.3, 0.4) is 0 Å². The molecule has 0 N–H and O–H groups in total. The minimum absolute atomic E-state index is 0.261. The van der Waals surface area contributed by atoms with Crippen molar-refractivity contribution in [1.82, 2.24) is 9.88 Å². The molecule has 1 fully saturated rings. The summed E-state index contributed by atoms with van der Waals surface area (Å²) in [4.78, 5) is 18.2. The van der Waals surface area contributed by atoms with Crippen LogP contribution in [0, 0.1) is 5.92 Å². The van der Waals surface area contributed by atoms with Crippen molar-refractivity contribution in [3.63, 3.8) is 0 Å². The van der Waals surface area contributed by atoms with Gasteiger partial charge in [0.05, 0.1) is 0 Å². The van der Waals surface area contributed by atoms with Crippen LogP contribution in [0.2, 0.25) is 0 Å². The Hall–Kier alpha value is -1.55. The van der Waals surface area contributed by atoms with Crippen LogP contribution in [-0.4, -0.2) is 34.6 Å². The molecule has 2 heterocycles. The number of fused-ring (bicyclic) bond motifs is 1. The first-order valence-corrected chi connectivity index (χ1v) is 7.61. The molecule has 0 spiro atoms. The number of benzene rings is 1. The first-order chi connectivity index (χ1) is 9.78. The zero-order valence-corrected chi connectivity index (χ0v) is 12.2. The van der Waals surface area contributed by atoms with Crippen LogP contribution >= 0.6 is 12.6 Å². The topological polar surface area (TPSA) is 33.2 Å². The Morgan fingerprint density at radius 1 is 1.30 bits per heavy atom. The smallest absolute Gasteiger partial charge is 0.222 e. The third-order valence-electron chi connectivity index (χ3n) is 3.95. The van der Waals surface area contributed by atoms with Gasteiger partial charge in [-0.2, -0.15) is 12.6 Å². The lowest BCUT2D eigenvalue weighted by molar-refractivity contribution is -0.127. The van der Waals surface area contributed by atoms with Gasteiger partial charge in [-0.1, -0.05) is 24.3 Å². The van der Waals surface area contributed by atoms with E-state index < -0.39 is 0 Å². The molecule has 0 bridgehead atoms. The van der Waals surface area contributed by atoms with E-state index >= 15 is 0 Å². The average Bonchev–Trinajstić information content (AvgIpc) is 2.85. The van der Waals surface area contributed by atoms with Crippen LogP contribution in [0.1, 0.15) is 12.0 Å². The third kappa shape index (κ3) is 2.66. The molecule has 20 heavy (non-hydrogen) atoms. The number of carbonyl (C=O) groups is 1.